The standard InChI is InChI=1S/C19H28F3N5S/c1-26(2)8-4-7-23-14-5-3-9-27(10-6-14)17-16-11-15(12-19(20,21)22)28-18(16)25-13-24-17/h11,13-14,23H,3-10,12H2,1-2H3. The molecule has 0 bridgehead atoms. The first-order valence-corrected chi connectivity index (χ1v) is 10.6. The van der Waals surface area contributed by atoms with E-state index in [1.807, 2.05) is 0 Å². The fraction of sp³-hybridized carbons (Fsp3) is 0.684. The molecule has 1 fully saturated rings. The molecular formula is C19H28F3N5S. The molecule has 9 heteroatoms. The average Bonchev–Trinajstić information content (AvgIpc) is 2.85. The van der Waals surface area contributed by atoms with E-state index in [0.717, 1.165) is 74.4 Å². The van der Waals surface area contributed by atoms with Gasteiger partial charge >= 0.3 is 6.18 Å². The van der Waals surface area contributed by atoms with Gasteiger partial charge < -0.3 is 15.1 Å². The number of thiophene rings is 1. The third kappa shape index (κ3) is 6.02. The molecule has 156 valence electrons. The molecule has 1 unspecified atom stereocenters. The molecule has 0 aliphatic carbocycles. The fourth-order valence-electron chi connectivity index (χ4n) is 3.64. The minimum Gasteiger partial charge on any atom is -0.356 e. The maximum absolute atomic E-state index is 12.7. The van der Waals surface area contributed by atoms with Crippen molar-refractivity contribution in [2.45, 2.75) is 44.3 Å². The summed E-state index contributed by atoms with van der Waals surface area (Å²) in [6.45, 7) is 3.80. The van der Waals surface area contributed by atoms with Crippen LogP contribution in [0.25, 0.3) is 10.2 Å². The van der Waals surface area contributed by atoms with E-state index in [4.69, 9.17) is 0 Å². The Balaban J connectivity index is 1.64. The number of nitrogens with zero attached hydrogens (tertiary/aromatic N) is 4. The van der Waals surface area contributed by atoms with Crippen LogP contribution in [0.3, 0.4) is 0 Å². The minimum atomic E-state index is -4.21. The molecule has 1 aliphatic rings. The second kappa shape index (κ2) is 9.37. The van der Waals surface area contributed by atoms with Gasteiger partial charge in [0.05, 0.1) is 11.8 Å². The molecule has 1 atom stereocenters. The van der Waals surface area contributed by atoms with E-state index in [1.165, 1.54) is 6.33 Å². The molecule has 3 heterocycles. The molecular weight excluding hydrogens is 387 g/mol. The molecule has 2 aromatic rings. The number of halogens is 3. The molecule has 0 spiro atoms. The van der Waals surface area contributed by atoms with Gasteiger partial charge in [0.15, 0.2) is 0 Å². The van der Waals surface area contributed by atoms with Gasteiger partial charge in [-0.3, -0.25) is 0 Å². The van der Waals surface area contributed by atoms with E-state index in [1.54, 1.807) is 6.07 Å². The summed E-state index contributed by atoms with van der Waals surface area (Å²) in [6.07, 6.45) is 0.623. The molecule has 5 nitrogen and oxygen atoms in total. The number of rotatable bonds is 7. The van der Waals surface area contributed by atoms with E-state index in [0.29, 0.717) is 15.7 Å². The fourth-order valence-corrected chi connectivity index (χ4v) is 4.66. The van der Waals surface area contributed by atoms with E-state index in [2.05, 4.69) is 39.2 Å². The number of fused-ring (bicyclic) bond motifs is 1. The van der Waals surface area contributed by atoms with Crippen LogP contribution in [0.15, 0.2) is 12.4 Å². The second-order valence-corrected chi connectivity index (χ2v) is 8.76. The van der Waals surface area contributed by atoms with Crippen LogP contribution in [0.1, 0.15) is 30.6 Å². The van der Waals surface area contributed by atoms with Gasteiger partial charge in [0.1, 0.15) is 17.0 Å². The number of alkyl halides is 3. The van der Waals surface area contributed by atoms with Crippen LogP contribution in [0.2, 0.25) is 0 Å². The Labute approximate surface area is 167 Å². The molecule has 1 N–H and O–H groups in total. The molecule has 3 rings (SSSR count). The quantitative estimate of drug-likeness (QED) is 0.699. The first-order valence-electron chi connectivity index (χ1n) is 9.75. The summed E-state index contributed by atoms with van der Waals surface area (Å²) in [4.78, 5) is 13.9. The SMILES string of the molecule is CN(C)CCCNC1CCCN(c2ncnc3sc(CC(F)(F)F)cc23)CC1. The van der Waals surface area contributed by atoms with Crippen molar-refractivity contribution < 1.29 is 13.2 Å². The summed E-state index contributed by atoms with van der Waals surface area (Å²) in [6, 6.07) is 2.10. The first kappa shape index (κ1) is 21.3. The third-order valence-corrected chi connectivity index (χ3v) is 6.02. The Bertz CT molecular complexity index is 762. The number of aromatic nitrogens is 2. The topological polar surface area (TPSA) is 44.3 Å². The summed E-state index contributed by atoms with van der Waals surface area (Å²) in [7, 11) is 4.16. The van der Waals surface area contributed by atoms with E-state index >= 15 is 0 Å². The van der Waals surface area contributed by atoms with Crippen LogP contribution in [-0.4, -0.2) is 67.4 Å². The Morgan fingerprint density at radius 1 is 1.25 bits per heavy atom. The van der Waals surface area contributed by atoms with Gasteiger partial charge in [0.2, 0.25) is 0 Å². The predicted molar refractivity (Wildman–Crippen MR) is 108 cm³/mol. The number of nitrogens with one attached hydrogen (secondary N) is 1. The molecule has 0 aromatic carbocycles. The van der Waals surface area contributed by atoms with Crippen molar-refractivity contribution in [3.63, 3.8) is 0 Å². The summed E-state index contributed by atoms with van der Waals surface area (Å²) >= 11 is 1.11. The predicted octanol–water partition coefficient (Wildman–Crippen LogP) is 3.70. The van der Waals surface area contributed by atoms with Crippen LogP contribution in [0.4, 0.5) is 19.0 Å². The highest BCUT2D eigenvalue weighted by atomic mass is 32.1. The lowest BCUT2D eigenvalue weighted by Gasteiger charge is -2.22. The molecule has 0 amide bonds. The van der Waals surface area contributed by atoms with Crippen LogP contribution in [0, 0.1) is 0 Å². The van der Waals surface area contributed by atoms with Crippen molar-refractivity contribution in [3.8, 4) is 0 Å². The Morgan fingerprint density at radius 3 is 2.82 bits per heavy atom. The summed E-state index contributed by atoms with van der Waals surface area (Å²) in [5.41, 5.74) is 0. The Kier molecular flexibility index (Phi) is 7.11. The lowest BCUT2D eigenvalue weighted by Crippen LogP contribution is -2.33. The van der Waals surface area contributed by atoms with Crippen molar-refractivity contribution >= 4 is 27.4 Å². The van der Waals surface area contributed by atoms with Crippen LogP contribution >= 0.6 is 11.3 Å². The van der Waals surface area contributed by atoms with Gasteiger partial charge in [0, 0.05) is 24.0 Å². The van der Waals surface area contributed by atoms with Crippen LogP contribution < -0.4 is 10.2 Å². The molecule has 1 aliphatic heterocycles. The van der Waals surface area contributed by atoms with Gasteiger partial charge in [-0.2, -0.15) is 13.2 Å². The van der Waals surface area contributed by atoms with Crippen LogP contribution in [0.5, 0.6) is 0 Å². The van der Waals surface area contributed by atoms with E-state index < -0.39 is 12.6 Å². The summed E-state index contributed by atoms with van der Waals surface area (Å²) in [5, 5.41) is 4.39. The maximum Gasteiger partial charge on any atom is 0.393 e. The van der Waals surface area contributed by atoms with Crippen molar-refractivity contribution in [1.82, 2.24) is 20.2 Å². The van der Waals surface area contributed by atoms with Crippen molar-refractivity contribution in [1.29, 1.82) is 0 Å². The maximum atomic E-state index is 12.7. The van der Waals surface area contributed by atoms with Gasteiger partial charge in [-0.1, -0.05) is 0 Å². The average molecular weight is 416 g/mol. The van der Waals surface area contributed by atoms with Crippen LogP contribution in [-0.2, 0) is 6.42 Å². The van der Waals surface area contributed by atoms with Crippen molar-refractivity contribution in [3.05, 3.63) is 17.3 Å². The monoisotopic (exact) mass is 415 g/mol. The zero-order chi connectivity index (χ0) is 20.1. The highest BCUT2D eigenvalue weighted by molar-refractivity contribution is 7.18. The first-order chi connectivity index (χ1) is 13.3. The zero-order valence-corrected chi connectivity index (χ0v) is 17.2. The van der Waals surface area contributed by atoms with Gasteiger partial charge in [-0.15, -0.1) is 11.3 Å². The molecule has 28 heavy (non-hydrogen) atoms. The molecule has 0 saturated carbocycles. The largest absolute Gasteiger partial charge is 0.393 e. The number of hydrogen-bond acceptors (Lipinski definition) is 6. The Morgan fingerprint density at radius 2 is 2.07 bits per heavy atom. The highest BCUT2D eigenvalue weighted by Crippen LogP contribution is 2.34. The van der Waals surface area contributed by atoms with Gasteiger partial charge in [0.25, 0.3) is 0 Å². The van der Waals surface area contributed by atoms with E-state index in [9.17, 15) is 13.2 Å². The minimum absolute atomic E-state index is 0.291. The van der Waals surface area contributed by atoms with Gasteiger partial charge in [-0.05, 0) is 58.9 Å². The number of anilines is 1. The van der Waals surface area contributed by atoms with Crippen molar-refractivity contribution in [2.24, 2.45) is 0 Å². The highest BCUT2D eigenvalue weighted by Gasteiger charge is 2.29. The second-order valence-electron chi connectivity index (χ2n) is 7.65. The summed E-state index contributed by atoms with van der Waals surface area (Å²) in [5.74, 6) is 0.767. The zero-order valence-electron chi connectivity index (χ0n) is 16.4. The summed E-state index contributed by atoms with van der Waals surface area (Å²) < 4.78 is 38.2. The third-order valence-electron chi connectivity index (χ3n) is 4.98. The lowest BCUT2D eigenvalue weighted by atomic mass is 10.1. The van der Waals surface area contributed by atoms with Gasteiger partial charge in [-0.25, -0.2) is 9.97 Å². The smallest absolute Gasteiger partial charge is 0.356 e. The molecule has 2 aromatic heterocycles. The molecule has 1 saturated heterocycles. The lowest BCUT2D eigenvalue weighted by molar-refractivity contribution is -0.126. The van der Waals surface area contributed by atoms with Crippen molar-refractivity contribution in [2.75, 3.05) is 45.2 Å². The van der Waals surface area contributed by atoms with E-state index in [-0.39, 0.29) is 0 Å². The normalized spacial score (nSPS) is 18.8. The number of hydrogen-bond donors (Lipinski definition) is 1. The Hall–Kier alpha value is -1.45. The molecule has 0 radical (unpaired) electrons.